The summed E-state index contributed by atoms with van der Waals surface area (Å²) < 4.78 is 110. The Hall–Kier alpha value is -3.30. The van der Waals surface area contributed by atoms with Crippen LogP contribution in [0.25, 0.3) is 22.5 Å². The Kier molecular flexibility index (Phi) is 7.48. The van der Waals surface area contributed by atoms with Crippen LogP contribution in [0.5, 0.6) is 11.6 Å². The van der Waals surface area contributed by atoms with Crippen LogP contribution in [0.1, 0.15) is 36.2 Å². The SMILES string of the molecule is COCCOc1cc(F)cc(F)c1-c1c(-c2cc3n(n2)CCNC3C)nc(OS(=O)(=O)C(F)(F)F)c2c1CCC2. The molecule has 3 heterocycles. The van der Waals surface area contributed by atoms with Crippen molar-refractivity contribution in [2.45, 2.75) is 44.3 Å². The molecule has 1 atom stereocenters. The number of rotatable bonds is 8. The van der Waals surface area contributed by atoms with Crippen molar-refractivity contribution in [1.29, 1.82) is 0 Å². The van der Waals surface area contributed by atoms with E-state index in [1.165, 1.54) is 7.11 Å². The standard InChI is InChI=1S/C25H25F5N4O5S/c1-13-19-12-18(33-34(19)7-6-31-13)23-21(22-17(27)10-14(26)11-20(22)38-9-8-37-2)15-4-3-5-16(15)24(32-23)39-40(35,36)25(28,29)30/h10-13,31H,3-9H2,1-2H3. The number of benzene rings is 1. The summed E-state index contributed by atoms with van der Waals surface area (Å²) in [5.74, 6) is -2.85. The van der Waals surface area contributed by atoms with Gasteiger partial charge < -0.3 is 19.0 Å². The van der Waals surface area contributed by atoms with E-state index in [9.17, 15) is 26.0 Å². The molecule has 3 aromatic rings. The number of halogens is 5. The second-order valence-electron chi connectivity index (χ2n) is 9.39. The zero-order valence-corrected chi connectivity index (χ0v) is 22.3. The van der Waals surface area contributed by atoms with Gasteiger partial charge in [-0.25, -0.2) is 13.8 Å². The van der Waals surface area contributed by atoms with Crippen LogP contribution < -0.4 is 14.2 Å². The molecular formula is C25H25F5N4O5S. The van der Waals surface area contributed by atoms with Crippen LogP contribution in [0.4, 0.5) is 22.0 Å². The summed E-state index contributed by atoms with van der Waals surface area (Å²) in [5, 5.41) is 7.81. The van der Waals surface area contributed by atoms with Gasteiger partial charge in [-0.05, 0) is 37.8 Å². The number of hydrogen-bond donors (Lipinski definition) is 1. The molecule has 1 aromatic carbocycles. The van der Waals surface area contributed by atoms with E-state index >= 15 is 4.39 Å². The quantitative estimate of drug-likeness (QED) is 0.180. The molecule has 0 radical (unpaired) electrons. The molecule has 1 N–H and O–H groups in total. The summed E-state index contributed by atoms with van der Waals surface area (Å²) in [5.41, 5.74) is -4.60. The van der Waals surface area contributed by atoms with Crippen molar-refractivity contribution in [1.82, 2.24) is 20.1 Å². The number of ether oxygens (including phenoxy) is 2. The number of aromatic nitrogens is 3. The van der Waals surface area contributed by atoms with E-state index < -0.39 is 33.1 Å². The highest BCUT2D eigenvalue weighted by Crippen LogP contribution is 2.47. The van der Waals surface area contributed by atoms with Crippen LogP contribution in [0.15, 0.2) is 18.2 Å². The molecule has 0 saturated carbocycles. The lowest BCUT2D eigenvalue weighted by Gasteiger charge is -2.21. The van der Waals surface area contributed by atoms with Crippen LogP contribution in [-0.4, -0.2) is 55.6 Å². The van der Waals surface area contributed by atoms with Crippen molar-refractivity contribution >= 4 is 10.1 Å². The summed E-state index contributed by atoms with van der Waals surface area (Å²) in [6, 6.07) is 3.15. The average Bonchev–Trinajstić information content (AvgIpc) is 3.52. The highest BCUT2D eigenvalue weighted by atomic mass is 32.2. The van der Waals surface area contributed by atoms with Gasteiger partial charge in [0, 0.05) is 43.0 Å². The molecule has 0 saturated heterocycles. The van der Waals surface area contributed by atoms with E-state index in [4.69, 9.17) is 9.47 Å². The van der Waals surface area contributed by atoms with Crippen LogP contribution >= 0.6 is 0 Å². The second-order valence-corrected chi connectivity index (χ2v) is 10.9. The third kappa shape index (κ3) is 5.12. The van der Waals surface area contributed by atoms with Crippen molar-refractivity contribution in [3.63, 3.8) is 0 Å². The van der Waals surface area contributed by atoms with Gasteiger partial charge in [0.2, 0.25) is 5.88 Å². The lowest BCUT2D eigenvalue weighted by Crippen LogP contribution is -2.31. The molecule has 0 bridgehead atoms. The molecule has 0 spiro atoms. The van der Waals surface area contributed by atoms with Gasteiger partial charge in [0.25, 0.3) is 0 Å². The van der Waals surface area contributed by atoms with Gasteiger partial charge >= 0.3 is 15.6 Å². The summed E-state index contributed by atoms with van der Waals surface area (Å²) in [7, 11) is -4.63. The maximum atomic E-state index is 15.6. The summed E-state index contributed by atoms with van der Waals surface area (Å²) in [6.45, 7) is 3.02. The van der Waals surface area contributed by atoms with Crippen LogP contribution in [0.2, 0.25) is 0 Å². The molecule has 1 aliphatic carbocycles. The molecule has 15 heteroatoms. The van der Waals surface area contributed by atoms with Crippen LogP contribution in [0.3, 0.4) is 0 Å². The monoisotopic (exact) mass is 588 g/mol. The minimum Gasteiger partial charge on any atom is -0.490 e. The van der Waals surface area contributed by atoms with Gasteiger partial charge in [-0.15, -0.1) is 0 Å². The van der Waals surface area contributed by atoms with Crippen molar-refractivity contribution in [2.75, 3.05) is 26.9 Å². The molecule has 1 unspecified atom stereocenters. The first kappa shape index (κ1) is 28.2. The largest absolute Gasteiger partial charge is 0.534 e. The predicted molar refractivity (Wildman–Crippen MR) is 132 cm³/mol. The highest BCUT2D eigenvalue weighted by molar-refractivity contribution is 7.87. The van der Waals surface area contributed by atoms with Crippen molar-refractivity contribution in [3.8, 4) is 34.1 Å². The molecule has 0 amide bonds. The first-order valence-electron chi connectivity index (χ1n) is 12.4. The molecule has 2 aliphatic rings. The van der Waals surface area contributed by atoms with Crippen LogP contribution in [0, 0.1) is 11.6 Å². The van der Waals surface area contributed by atoms with Gasteiger partial charge in [-0.3, -0.25) is 4.68 Å². The minimum absolute atomic E-state index is 0.0513. The van der Waals surface area contributed by atoms with E-state index in [1.807, 2.05) is 6.92 Å². The Labute approximate surface area is 226 Å². The molecule has 5 rings (SSSR count). The maximum Gasteiger partial charge on any atom is 0.534 e. The topological polar surface area (TPSA) is 105 Å². The minimum atomic E-state index is -6.06. The van der Waals surface area contributed by atoms with Gasteiger partial charge in [-0.1, -0.05) is 0 Å². The highest BCUT2D eigenvalue weighted by Gasteiger charge is 2.49. The molecule has 1 aliphatic heterocycles. The summed E-state index contributed by atoms with van der Waals surface area (Å²) in [6.07, 6.45) is 0.767. The Morgan fingerprint density at radius 2 is 1.85 bits per heavy atom. The van der Waals surface area contributed by atoms with Gasteiger partial charge in [-0.2, -0.15) is 26.7 Å². The zero-order valence-electron chi connectivity index (χ0n) is 21.4. The van der Waals surface area contributed by atoms with Gasteiger partial charge in [0.05, 0.1) is 24.4 Å². The number of alkyl halides is 3. The number of fused-ring (bicyclic) bond motifs is 2. The summed E-state index contributed by atoms with van der Waals surface area (Å²) >= 11 is 0. The van der Waals surface area contributed by atoms with Crippen molar-refractivity contribution in [2.24, 2.45) is 0 Å². The second kappa shape index (κ2) is 10.6. The number of nitrogens with zero attached hydrogens (tertiary/aromatic N) is 3. The fourth-order valence-electron chi connectivity index (χ4n) is 5.01. The van der Waals surface area contributed by atoms with E-state index in [-0.39, 0.29) is 65.9 Å². The first-order valence-corrected chi connectivity index (χ1v) is 13.8. The number of hydrogen-bond acceptors (Lipinski definition) is 8. The Balaban J connectivity index is 1.79. The third-order valence-electron chi connectivity index (χ3n) is 6.79. The van der Waals surface area contributed by atoms with Crippen LogP contribution in [-0.2, 0) is 34.2 Å². The number of pyridine rings is 1. The predicted octanol–water partition coefficient (Wildman–Crippen LogP) is 4.30. The Morgan fingerprint density at radius 1 is 1.10 bits per heavy atom. The van der Waals surface area contributed by atoms with Crippen molar-refractivity contribution < 1.29 is 44.0 Å². The van der Waals surface area contributed by atoms with Gasteiger partial charge in [0.1, 0.15) is 35.4 Å². The Bertz CT molecular complexity index is 1560. The first-order chi connectivity index (χ1) is 18.9. The van der Waals surface area contributed by atoms with E-state index in [2.05, 4.69) is 19.6 Å². The van der Waals surface area contributed by atoms with Gasteiger partial charge in [0.15, 0.2) is 0 Å². The summed E-state index contributed by atoms with van der Waals surface area (Å²) in [4.78, 5) is 4.22. The normalized spacial score (nSPS) is 17.0. The van der Waals surface area contributed by atoms with Crippen molar-refractivity contribution in [3.05, 3.63) is 46.7 Å². The maximum absolute atomic E-state index is 15.6. The smallest absolute Gasteiger partial charge is 0.490 e. The molecule has 0 fully saturated rings. The lowest BCUT2D eigenvalue weighted by atomic mass is 9.93. The van der Waals surface area contributed by atoms with E-state index in [0.717, 1.165) is 11.8 Å². The van der Waals surface area contributed by atoms with E-state index in [1.54, 1.807) is 10.7 Å². The zero-order chi connectivity index (χ0) is 28.8. The molecule has 9 nitrogen and oxygen atoms in total. The molecule has 2 aromatic heterocycles. The third-order valence-corrected chi connectivity index (χ3v) is 7.73. The molecular weight excluding hydrogens is 563 g/mol. The van der Waals surface area contributed by atoms with E-state index in [0.29, 0.717) is 31.1 Å². The average molecular weight is 589 g/mol. The molecule has 40 heavy (non-hydrogen) atoms. The Morgan fingerprint density at radius 3 is 2.55 bits per heavy atom. The number of methoxy groups -OCH3 is 1. The molecule has 216 valence electrons. The lowest BCUT2D eigenvalue weighted by molar-refractivity contribution is -0.0501. The number of nitrogens with one attached hydrogen (secondary N) is 1. The fraction of sp³-hybridized carbons (Fsp3) is 0.440. The fourth-order valence-corrected chi connectivity index (χ4v) is 5.45.